The van der Waals surface area contributed by atoms with Crippen LogP contribution in [0.1, 0.15) is 36.2 Å². The molecule has 1 saturated heterocycles. The van der Waals surface area contributed by atoms with E-state index in [1.165, 1.54) is 6.08 Å². The third kappa shape index (κ3) is 3.99. The van der Waals surface area contributed by atoms with Gasteiger partial charge in [-0.1, -0.05) is 0 Å². The molecule has 1 aliphatic heterocycles. The van der Waals surface area contributed by atoms with Gasteiger partial charge in [0.15, 0.2) is 0 Å². The number of nitro benzene ring substituents is 1. The van der Waals surface area contributed by atoms with E-state index in [0.717, 1.165) is 43.7 Å². The molecule has 0 unspecified atom stereocenters. The first kappa shape index (κ1) is 20.1. The molecular formula is C21H23N5O3. The topological polar surface area (TPSA) is 118 Å². The van der Waals surface area contributed by atoms with Crippen molar-refractivity contribution < 1.29 is 9.72 Å². The molecule has 2 aromatic rings. The Morgan fingerprint density at radius 1 is 1.24 bits per heavy atom. The van der Waals surface area contributed by atoms with Crippen molar-refractivity contribution in [1.29, 1.82) is 5.26 Å². The van der Waals surface area contributed by atoms with Crippen LogP contribution in [0, 0.1) is 35.3 Å². The number of nitrogens with two attached hydrogens (primary N) is 1. The van der Waals surface area contributed by atoms with Gasteiger partial charge in [-0.25, -0.2) is 0 Å². The zero-order valence-electron chi connectivity index (χ0n) is 16.5. The zero-order chi connectivity index (χ0) is 21.1. The number of primary amides is 1. The molecule has 3 rings (SSSR count). The summed E-state index contributed by atoms with van der Waals surface area (Å²) in [4.78, 5) is 24.8. The summed E-state index contributed by atoms with van der Waals surface area (Å²) in [6.07, 6.45) is 4.66. The molecule has 0 saturated carbocycles. The highest BCUT2D eigenvalue weighted by atomic mass is 16.6. The minimum Gasteiger partial charge on any atom is -0.366 e. The number of benzene rings is 1. The first-order valence-electron chi connectivity index (χ1n) is 9.47. The number of carbonyl (C=O) groups excluding carboxylic acids is 1. The molecule has 29 heavy (non-hydrogen) atoms. The van der Waals surface area contributed by atoms with Gasteiger partial charge >= 0.3 is 0 Å². The van der Waals surface area contributed by atoms with E-state index in [0.29, 0.717) is 16.9 Å². The van der Waals surface area contributed by atoms with Crippen molar-refractivity contribution in [3.8, 4) is 11.8 Å². The van der Waals surface area contributed by atoms with Gasteiger partial charge in [0, 0.05) is 30.5 Å². The van der Waals surface area contributed by atoms with Crippen LogP contribution >= 0.6 is 0 Å². The summed E-state index contributed by atoms with van der Waals surface area (Å²) in [5.41, 5.74) is 8.71. The Morgan fingerprint density at radius 3 is 2.52 bits per heavy atom. The van der Waals surface area contributed by atoms with Crippen LogP contribution in [0.3, 0.4) is 0 Å². The van der Waals surface area contributed by atoms with Crippen molar-refractivity contribution in [3.63, 3.8) is 0 Å². The van der Waals surface area contributed by atoms with E-state index >= 15 is 0 Å². The van der Waals surface area contributed by atoms with Gasteiger partial charge in [0.05, 0.1) is 10.6 Å². The Morgan fingerprint density at radius 2 is 1.93 bits per heavy atom. The lowest BCUT2D eigenvalue weighted by Crippen LogP contribution is -2.30. The summed E-state index contributed by atoms with van der Waals surface area (Å²) in [6.45, 7) is 5.34. The minimum absolute atomic E-state index is 0.0730. The van der Waals surface area contributed by atoms with Crippen LogP contribution in [0.25, 0.3) is 11.8 Å². The number of rotatable bonds is 5. The number of piperidine rings is 1. The average Bonchev–Trinajstić information content (AvgIpc) is 2.99. The van der Waals surface area contributed by atoms with Gasteiger partial charge in [-0.3, -0.25) is 14.9 Å². The van der Waals surface area contributed by atoms with Crippen LogP contribution in [0.5, 0.6) is 0 Å². The van der Waals surface area contributed by atoms with Gasteiger partial charge in [-0.05, 0) is 62.9 Å². The molecule has 0 radical (unpaired) electrons. The van der Waals surface area contributed by atoms with Crippen LogP contribution in [-0.4, -0.2) is 28.5 Å². The zero-order valence-corrected chi connectivity index (χ0v) is 16.5. The molecule has 2 heterocycles. The number of nitriles is 1. The van der Waals surface area contributed by atoms with E-state index in [1.54, 1.807) is 18.2 Å². The van der Waals surface area contributed by atoms with Gasteiger partial charge in [0.25, 0.3) is 11.6 Å². The fourth-order valence-electron chi connectivity index (χ4n) is 3.84. The van der Waals surface area contributed by atoms with E-state index in [-0.39, 0.29) is 16.2 Å². The molecule has 0 spiro atoms. The maximum Gasteiger partial charge on any atom is 0.294 e. The maximum absolute atomic E-state index is 11.8. The molecule has 150 valence electrons. The van der Waals surface area contributed by atoms with Crippen LogP contribution in [0.2, 0.25) is 0 Å². The summed E-state index contributed by atoms with van der Waals surface area (Å²) in [7, 11) is 0. The van der Waals surface area contributed by atoms with E-state index < -0.39 is 5.91 Å². The molecule has 0 atom stereocenters. The van der Waals surface area contributed by atoms with E-state index in [4.69, 9.17) is 11.0 Å². The van der Waals surface area contributed by atoms with Crippen molar-refractivity contribution in [1.82, 2.24) is 4.57 Å². The second-order valence-electron chi connectivity index (χ2n) is 7.17. The molecule has 1 aromatic heterocycles. The molecule has 8 nitrogen and oxygen atoms in total. The number of nitrogens with zero attached hydrogens (tertiary/aromatic N) is 4. The fourth-order valence-corrected chi connectivity index (χ4v) is 3.84. The van der Waals surface area contributed by atoms with Gasteiger partial charge in [0.2, 0.25) is 0 Å². The molecule has 1 aliphatic rings. The van der Waals surface area contributed by atoms with Gasteiger partial charge < -0.3 is 15.2 Å². The third-order valence-corrected chi connectivity index (χ3v) is 5.27. The van der Waals surface area contributed by atoms with Crippen LogP contribution < -0.4 is 10.6 Å². The monoisotopic (exact) mass is 393 g/mol. The summed E-state index contributed by atoms with van der Waals surface area (Å²) in [5.74, 6) is -0.793. The Labute approximate surface area is 169 Å². The number of anilines is 1. The lowest BCUT2D eigenvalue weighted by Gasteiger charge is -2.28. The summed E-state index contributed by atoms with van der Waals surface area (Å²) >= 11 is 0. The number of aromatic nitrogens is 1. The van der Waals surface area contributed by atoms with E-state index in [1.807, 2.05) is 30.5 Å². The van der Waals surface area contributed by atoms with Crippen LogP contribution in [0.4, 0.5) is 11.4 Å². The quantitative estimate of drug-likeness (QED) is 0.361. The lowest BCUT2D eigenvalue weighted by molar-refractivity contribution is -0.384. The first-order chi connectivity index (χ1) is 13.8. The van der Waals surface area contributed by atoms with Crippen molar-refractivity contribution in [2.75, 3.05) is 18.0 Å². The third-order valence-electron chi connectivity index (χ3n) is 5.27. The standard InChI is InChI=1S/C21H23N5O3/c1-14-10-16(11-17(13-22)21(23)27)15(2)25(14)18-6-7-19(20(12-18)26(28)29)24-8-4-3-5-9-24/h6-7,10-12H,3-5,8-9H2,1-2H3,(H2,23,27)/b17-11+. The molecule has 0 bridgehead atoms. The highest BCUT2D eigenvalue weighted by Gasteiger charge is 2.23. The highest BCUT2D eigenvalue weighted by molar-refractivity contribution is 6.00. The molecule has 1 fully saturated rings. The van der Waals surface area contributed by atoms with Gasteiger partial charge in [-0.15, -0.1) is 0 Å². The Kier molecular flexibility index (Phi) is 5.69. The number of amides is 1. The average molecular weight is 393 g/mol. The summed E-state index contributed by atoms with van der Waals surface area (Å²) < 4.78 is 1.87. The Hall–Kier alpha value is -3.60. The summed E-state index contributed by atoms with van der Waals surface area (Å²) in [5, 5.41) is 20.8. The van der Waals surface area contributed by atoms with Crippen molar-refractivity contribution in [2.24, 2.45) is 5.73 Å². The van der Waals surface area contributed by atoms with E-state index in [2.05, 4.69) is 4.90 Å². The number of carbonyl (C=O) groups is 1. The first-order valence-corrected chi connectivity index (χ1v) is 9.47. The number of hydrogen-bond donors (Lipinski definition) is 1. The second-order valence-corrected chi connectivity index (χ2v) is 7.17. The molecule has 2 N–H and O–H groups in total. The molecule has 8 heteroatoms. The molecule has 1 amide bonds. The van der Waals surface area contributed by atoms with Crippen LogP contribution in [0.15, 0.2) is 29.8 Å². The second kappa shape index (κ2) is 8.19. The Balaban J connectivity index is 2.07. The molecule has 0 aliphatic carbocycles. The van der Waals surface area contributed by atoms with Crippen molar-refractivity contribution in [3.05, 3.63) is 56.9 Å². The fraction of sp³-hybridized carbons (Fsp3) is 0.333. The smallest absolute Gasteiger partial charge is 0.294 e. The van der Waals surface area contributed by atoms with Gasteiger partial charge in [0.1, 0.15) is 17.3 Å². The lowest BCUT2D eigenvalue weighted by atomic mass is 10.1. The molecule has 1 aromatic carbocycles. The van der Waals surface area contributed by atoms with Crippen molar-refractivity contribution in [2.45, 2.75) is 33.1 Å². The number of hydrogen-bond acceptors (Lipinski definition) is 5. The predicted molar refractivity (Wildman–Crippen MR) is 111 cm³/mol. The van der Waals surface area contributed by atoms with E-state index in [9.17, 15) is 14.9 Å². The van der Waals surface area contributed by atoms with Gasteiger partial charge in [-0.2, -0.15) is 5.26 Å². The number of nitro groups is 1. The largest absolute Gasteiger partial charge is 0.366 e. The minimum atomic E-state index is -0.793. The normalized spacial score (nSPS) is 14.5. The van der Waals surface area contributed by atoms with Crippen LogP contribution in [-0.2, 0) is 4.79 Å². The van der Waals surface area contributed by atoms with Crippen molar-refractivity contribution >= 4 is 23.4 Å². The predicted octanol–water partition coefficient (Wildman–Crippen LogP) is 3.38. The molecular weight excluding hydrogens is 370 g/mol. The summed E-state index contributed by atoms with van der Waals surface area (Å²) in [6, 6.07) is 8.86. The number of aryl methyl sites for hydroxylation is 1. The SMILES string of the molecule is Cc1cc(/C=C(\C#N)C(N)=O)c(C)n1-c1ccc(N2CCCCC2)c([N+](=O)[O-])c1. The highest BCUT2D eigenvalue weighted by Crippen LogP contribution is 2.34. The maximum atomic E-state index is 11.8. The Bertz CT molecular complexity index is 1040.